The largest absolute Gasteiger partial charge is 0.433 e. The van der Waals surface area contributed by atoms with Crippen LogP contribution in [0.5, 0.6) is 5.88 Å². The van der Waals surface area contributed by atoms with E-state index in [1.54, 1.807) is 7.11 Å². The van der Waals surface area contributed by atoms with E-state index in [1.807, 2.05) is 6.92 Å². The Hall–Kier alpha value is -2.01. The fraction of sp³-hybridized carbons (Fsp3) is 0.714. The molecule has 0 spiro atoms. The van der Waals surface area contributed by atoms with Crippen molar-refractivity contribution in [3.63, 3.8) is 0 Å². The zero-order valence-corrected chi connectivity index (χ0v) is 17.0. The number of rotatable bonds is 4. The molecule has 8 heteroatoms. The van der Waals surface area contributed by atoms with Gasteiger partial charge in [-0.3, -0.25) is 10.5 Å². The Bertz CT molecular complexity index is 793. The topological polar surface area (TPSA) is 71.0 Å². The minimum atomic E-state index is -4.59. The second-order valence-electron chi connectivity index (χ2n) is 7.82. The lowest BCUT2D eigenvalue weighted by atomic mass is 9.65. The Morgan fingerprint density at radius 1 is 1.31 bits per heavy atom. The predicted octanol–water partition coefficient (Wildman–Crippen LogP) is 5.14. The molecular formula is C21H28F3N3O2. The highest BCUT2D eigenvalue weighted by molar-refractivity contribution is 5.84. The highest BCUT2D eigenvalue weighted by Gasteiger charge is 2.51. The fourth-order valence-electron chi connectivity index (χ4n) is 4.84. The molecule has 160 valence electrons. The lowest BCUT2D eigenvalue weighted by Crippen LogP contribution is -2.44. The molecule has 2 aliphatic rings. The molecular weight excluding hydrogens is 383 g/mol. The minimum absolute atomic E-state index is 0.00639. The quantitative estimate of drug-likeness (QED) is 0.674. The summed E-state index contributed by atoms with van der Waals surface area (Å²) in [6.45, 7) is 4.06. The van der Waals surface area contributed by atoms with Gasteiger partial charge in [-0.05, 0) is 31.1 Å². The Morgan fingerprint density at radius 3 is 2.69 bits per heavy atom. The monoisotopic (exact) mass is 411 g/mol. The van der Waals surface area contributed by atoms with Crippen molar-refractivity contribution < 1.29 is 22.6 Å². The number of nitrogens with one attached hydrogen (secondary N) is 2. The van der Waals surface area contributed by atoms with Crippen molar-refractivity contribution in [1.29, 1.82) is 5.41 Å². The maximum absolute atomic E-state index is 13.8. The van der Waals surface area contributed by atoms with Gasteiger partial charge in [-0.25, -0.2) is 0 Å². The van der Waals surface area contributed by atoms with Gasteiger partial charge in [0.1, 0.15) is 11.6 Å². The van der Waals surface area contributed by atoms with Crippen LogP contribution in [0.4, 0.5) is 13.2 Å². The van der Waals surface area contributed by atoms with Crippen molar-refractivity contribution in [2.75, 3.05) is 7.11 Å². The van der Waals surface area contributed by atoms with Crippen molar-refractivity contribution in [2.24, 2.45) is 17.8 Å². The summed E-state index contributed by atoms with van der Waals surface area (Å²) in [7, 11) is 1.62. The Balaban J connectivity index is 2.14. The van der Waals surface area contributed by atoms with Gasteiger partial charge < -0.3 is 9.47 Å². The van der Waals surface area contributed by atoms with Gasteiger partial charge >= 0.3 is 6.18 Å². The first-order valence-corrected chi connectivity index (χ1v) is 10.3. The molecule has 5 nitrogen and oxygen atoms in total. The molecule has 0 bridgehead atoms. The van der Waals surface area contributed by atoms with Crippen molar-refractivity contribution in [3.8, 4) is 17.7 Å². The normalized spacial score (nSPS) is 29.6. The molecule has 1 saturated carbocycles. The molecule has 1 aromatic heterocycles. The molecule has 0 saturated heterocycles. The van der Waals surface area contributed by atoms with Gasteiger partial charge in [0.15, 0.2) is 0 Å². The summed E-state index contributed by atoms with van der Waals surface area (Å²) in [5.74, 6) is 4.45. The van der Waals surface area contributed by atoms with Crippen LogP contribution in [0.1, 0.15) is 69.5 Å². The molecule has 1 aromatic rings. The van der Waals surface area contributed by atoms with Crippen LogP contribution in [-0.2, 0) is 10.9 Å². The number of hydrogen-bond acceptors (Lipinski definition) is 4. The highest BCUT2D eigenvalue weighted by atomic mass is 19.4. The summed E-state index contributed by atoms with van der Waals surface area (Å²) in [6, 6.07) is 0. The standard InChI is InChI=1S/C21H28F3N3O2/c1-4-6-7-10-14-15(13-11-8-9-12(5-2)17(13)28-3)16-18(21(22,23)24)26-27-20(16)29-19(14)25/h12-15,17,25H,4-6,8-9,11H2,1-3H3,(H,26,27). The van der Waals surface area contributed by atoms with Crippen LogP contribution in [-0.4, -0.2) is 29.3 Å². The summed E-state index contributed by atoms with van der Waals surface area (Å²) in [5, 5.41) is 14.2. The van der Waals surface area contributed by atoms with E-state index >= 15 is 0 Å². The number of alkyl halides is 3. The van der Waals surface area contributed by atoms with Crippen LogP contribution < -0.4 is 4.74 Å². The molecule has 3 rings (SSSR count). The second kappa shape index (κ2) is 8.78. The molecule has 2 N–H and O–H groups in total. The van der Waals surface area contributed by atoms with Gasteiger partial charge in [-0.1, -0.05) is 32.6 Å². The number of hydrogen-bond donors (Lipinski definition) is 2. The van der Waals surface area contributed by atoms with E-state index in [-0.39, 0.29) is 35.3 Å². The third-order valence-corrected chi connectivity index (χ3v) is 6.12. The zero-order valence-electron chi connectivity index (χ0n) is 17.0. The van der Waals surface area contributed by atoms with E-state index in [4.69, 9.17) is 14.9 Å². The number of fused-ring (bicyclic) bond motifs is 1. The lowest BCUT2D eigenvalue weighted by Gasteiger charge is -2.43. The van der Waals surface area contributed by atoms with Gasteiger partial charge in [-0.2, -0.15) is 13.2 Å². The summed E-state index contributed by atoms with van der Waals surface area (Å²) >= 11 is 0. The van der Waals surface area contributed by atoms with Gasteiger partial charge in [0.2, 0.25) is 11.8 Å². The van der Waals surface area contributed by atoms with Gasteiger partial charge in [-0.15, -0.1) is 11.0 Å². The van der Waals surface area contributed by atoms with Crippen molar-refractivity contribution in [1.82, 2.24) is 10.2 Å². The summed E-state index contributed by atoms with van der Waals surface area (Å²) in [6.07, 6.45) is 0.198. The van der Waals surface area contributed by atoms with Crippen molar-refractivity contribution in [3.05, 3.63) is 11.3 Å². The predicted molar refractivity (Wildman–Crippen MR) is 103 cm³/mol. The number of H-pyrrole nitrogens is 1. The zero-order chi connectivity index (χ0) is 21.2. The van der Waals surface area contributed by atoms with Crippen LogP contribution in [0, 0.1) is 35.0 Å². The average Bonchev–Trinajstić information content (AvgIpc) is 3.11. The summed E-state index contributed by atoms with van der Waals surface area (Å²) in [5.41, 5.74) is -0.908. The highest BCUT2D eigenvalue weighted by Crippen LogP contribution is 2.52. The molecule has 5 unspecified atom stereocenters. The van der Waals surface area contributed by atoms with Gasteiger partial charge in [0.05, 0.1) is 11.7 Å². The molecule has 1 aliphatic carbocycles. The van der Waals surface area contributed by atoms with Crippen LogP contribution in [0.25, 0.3) is 0 Å². The smallest absolute Gasteiger partial charge is 0.422 e. The van der Waals surface area contributed by atoms with E-state index in [1.165, 1.54) is 0 Å². The molecule has 2 heterocycles. The number of halogens is 3. The molecule has 5 atom stereocenters. The molecule has 1 fully saturated rings. The fourth-order valence-corrected chi connectivity index (χ4v) is 4.84. The molecule has 0 aromatic carbocycles. The van der Waals surface area contributed by atoms with Crippen LogP contribution in [0.3, 0.4) is 0 Å². The van der Waals surface area contributed by atoms with E-state index in [9.17, 15) is 13.2 Å². The third-order valence-electron chi connectivity index (χ3n) is 6.12. The molecule has 0 amide bonds. The lowest BCUT2D eigenvalue weighted by molar-refractivity contribution is -0.142. The number of ether oxygens (including phenoxy) is 2. The maximum atomic E-state index is 13.8. The van der Waals surface area contributed by atoms with Crippen molar-refractivity contribution >= 4 is 5.90 Å². The Kier molecular flexibility index (Phi) is 6.57. The van der Waals surface area contributed by atoms with Crippen LogP contribution in [0.15, 0.2) is 0 Å². The van der Waals surface area contributed by atoms with E-state index in [0.29, 0.717) is 6.42 Å². The van der Waals surface area contributed by atoms with Gasteiger partial charge in [0, 0.05) is 19.4 Å². The number of methoxy groups -OCH3 is 1. The third kappa shape index (κ3) is 4.16. The first-order valence-electron chi connectivity index (χ1n) is 10.3. The first kappa shape index (κ1) is 21.7. The number of unbranched alkanes of at least 4 members (excludes halogenated alkanes) is 1. The molecule has 29 heavy (non-hydrogen) atoms. The average molecular weight is 411 g/mol. The van der Waals surface area contributed by atoms with E-state index < -0.39 is 23.7 Å². The molecule has 0 radical (unpaired) electrons. The number of aromatic amines is 1. The Labute approximate surface area is 169 Å². The second-order valence-corrected chi connectivity index (χ2v) is 7.82. The van der Waals surface area contributed by atoms with Gasteiger partial charge in [0.25, 0.3) is 0 Å². The summed E-state index contributed by atoms with van der Waals surface area (Å²) in [4.78, 5) is 0. The van der Waals surface area contributed by atoms with E-state index in [0.717, 1.165) is 32.1 Å². The van der Waals surface area contributed by atoms with Crippen molar-refractivity contribution in [2.45, 2.75) is 70.6 Å². The number of nitrogens with zero attached hydrogens (tertiary/aromatic N) is 1. The maximum Gasteiger partial charge on any atom is 0.433 e. The summed E-state index contributed by atoms with van der Waals surface area (Å²) < 4.78 is 52.5. The van der Waals surface area contributed by atoms with Crippen LogP contribution in [0.2, 0.25) is 0 Å². The van der Waals surface area contributed by atoms with E-state index in [2.05, 4.69) is 29.0 Å². The number of aromatic nitrogens is 2. The molecule has 1 aliphatic heterocycles. The first-order chi connectivity index (χ1) is 13.8. The SMILES string of the molecule is CCCC#CC1C(=N)Oc2n[nH]c(C(F)(F)F)c2C1C1CCCC(CC)C1OC. The Morgan fingerprint density at radius 2 is 2.07 bits per heavy atom. The minimum Gasteiger partial charge on any atom is -0.422 e. The van der Waals surface area contributed by atoms with Crippen LogP contribution >= 0.6 is 0 Å².